The summed E-state index contributed by atoms with van der Waals surface area (Å²) in [6, 6.07) is 11.4. The third-order valence-corrected chi connectivity index (χ3v) is 3.77. The Morgan fingerprint density at radius 3 is 2.19 bits per heavy atom. The number of hydrogen-bond acceptors (Lipinski definition) is 3. The van der Waals surface area contributed by atoms with Crippen molar-refractivity contribution < 1.29 is 22.7 Å². The van der Waals surface area contributed by atoms with Gasteiger partial charge in [0.25, 0.3) is 0 Å². The number of carbonyl (C=O) groups excluding carboxylic acids is 1. The molecule has 2 aromatic rings. The highest BCUT2D eigenvalue weighted by molar-refractivity contribution is 5.93. The normalized spacial score (nSPS) is 11.5. The average molecular weight is 366 g/mol. The van der Waals surface area contributed by atoms with Crippen LogP contribution in [0.4, 0.5) is 18.9 Å². The Morgan fingerprint density at radius 2 is 1.65 bits per heavy atom. The standard InChI is InChI=1S/C19H21F3N2O2/c1-13-5-4-6-14(2)18(13)23-17(25)12-24(3)11-15-7-9-16(10-8-15)26-19(20,21)22/h4-10H,11-12H2,1-3H3,(H,23,25). The molecule has 140 valence electrons. The summed E-state index contributed by atoms with van der Waals surface area (Å²) in [4.78, 5) is 14.0. The zero-order valence-corrected chi connectivity index (χ0v) is 14.9. The Kier molecular flexibility index (Phi) is 6.26. The first-order chi connectivity index (χ1) is 12.1. The van der Waals surface area contributed by atoms with E-state index in [4.69, 9.17) is 0 Å². The van der Waals surface area contributed by atoms with Gasteiger partial charge in [0.1, 0.15) is 5.75 Å². The van der Waals surface area contributed by atoms with Crippen molar-refractivity contribution in [1.82, 2.24) is 4.90 Å². The first kappa shape index (κ1) is 19.8. The number of rotatable bonds is 6. The van der Waals surface area contributed by atoms with E-state index in [1.807, 2.05) is 32.0 Å². The molecular formula is C19H21F3N2O2. The Morgan fingerprint density at radius 1 is 1.08 bits per heavy atom. The number of aryl methyl sites for hydroxylation is 2. The summed E-state index contributed by atoms with van der Waals surface area (Å²) < 4.78 is 40.3. The molecule has 0 bridgehead atoms. The highest BCUT2D eigenvalue weighted by Gasteiger charge is 2.30. The SMILES string of the molecule is Cc1cccc(C)c1NC(=O)CN(C)Cc1ccc(OC(F)(F)F)cc1. The van der Waals surface area contributed by atoms with Gasteiger partial charge in [0, 0.05) is 12.2 Å². The van der Waals surface area contributed by atoms with Crippen molar-refractivity contribution in [3.8, 4) is 5.75 Å². The van der Waals surface area contributed by atoms with Gasteiger partial charge in [-0.15, -0.1) is 13.2 Å². The largest absolute Gasteiger partial charge is 0.573 e. The van der Waals surface area contributed by atoms with Crippen LogP contribution < -0.4 is 10.1 Å². The van der Waals surface area contributed by atoms with Gasteiger partial charge < -0.3 is 10.1 Å². The van der Waals surface area contributed by atoms with Crippen LogP contribution >= 0.6 is 0 Å². The van der Waals surface area contributed by atoms with Gasteiger partial charge in [0.2, 0.25) is 5.91 Å². The van der Waals surface area contributed by atoms with Crippen LogP contribution in [0.5, 0.6) is 5.75 Å². The summed E-state index contributed by atoms with van der Waals surface area (Å²) in [7, 11) is 1.77. The van der Waals surface area contributed by atoms with E-state index >= 15 is 0 Å². The highest BCUT2D eigenvalue weighted by Crippen LogP contribution is 2.23. The number of likely N-dealkylation sites (N-methyl/N-ethyl adjacent to an activating group) is 1. The minimum Gasteiger partial charge on any atom is -0.406 e. The molecule has 1 N–H and O–H groups in total. The lowest BCUT2D eigenvalue weighted by Crippen LogP contribution is -2.30. The van der Waals surface area contributed by atoms with Gasteiger partial charge in [-0.3, -0.25) is 9.69 Å². The van der Waals surface area contributed by atoms with Crippen LogP contribution in [-0.2, 0) is 11.3 Å². The smallest absolute Gasteiger partial charge is 0.406 e. The zero-order chi connectivity index (χ0) is 19.3. The molecule has 0 fully saturated rings. The van der Waals surface area contributed by atoms with Crippen LogP contribution in [0, 0.1) is 13.8 Å². The van der Waals surface area contributed by atoms with Crippen molar-refractivity contribution in [2.75, 3.05) is 18.9 Å². The summed E-state index contributed by atoms with van der Waals surface area (Å²) in [5.74, 6) is -0.418. The Labute approximate surface area is 150 Å². The van der Waals surface area contributed by atoms with Crippen molar-refractivity contribution in [2.24, 2.45) is 0 Å². The van der Waals surface area contributed by atoms with E-state index in [-0.39, 0.29) is 18.2 Å². The summed E-state index contributed by atoms with van der Waals surface area (Å²) in [6.45, 7) is 4.44. The number of hydrogen-bond donors (Lipinski definition) is 1. The molecule has 26 heavy (non-hydrogen) atoms. The first-order valence-corrected chi connectivity index (χ1v) is 8.03. The second-order valence-corrected chi connectivity index (χ2v) is 6.18. The maximum atomic E-state index is 12.2. The predicted molar refractivity (Wildman–Crippen MR) is 94.0 cm³/mol. The van der Waals surface area contributed by atoms with Gasteiger partial charge in [0.15, 0.2) is 0 Å². The molecule has 0 aliphatic heterocycles. The van der Waals surface area contributed by atoms with Crippen LogP contribution in [0.1, 0.15) is 16.7 Å². The maximum Gasteiger partial charge on any atom is 0.573 e. The molecule has 0 aliphatic rings. The van der Waals surface area contributed by atoms with E-state index in [2.05, 4.69) is 10.1 Å². The molecule has 0 aromatic heterocycles. The molecule has 0 atom stereocenters. The van der Waals surface area contributed by atoms with Gasteiger partial charge in [-0.05, 0) is 49.7 Å². The van der Waals surface area contributed by atoms with Gasteiger partial charge in [-0.25, -0.2) is 0 Å². The topological polar surface area (TPSA) is 41.6 Å². The number of carbonyl (C=O) groups is 1. The lowest BCUT2D eigenvalue weighted by molar-refractivity contribution is -0.274. The van der Waals surface area contributed by atoms with Crippen LogP contribution in [0.15, 0.2) is 42.5 Å². The summed E-state index contributed by atoms with van der Waals surface area (Å²) in [5.41, 5.74) is 3.56. The third kappa shape index (κ3) is 6.07. The van der Waals surface area contributed by atoms with E-state index in [9.17, 15) is 18.0 Å². The Balaban J connectivity index is 1.90. The van der Waals surface area contributed by atoms with Crippen LogP contribution in [0.3, 0.4) is 0 Å². The van der Waals surface area contributed by atoms with Crippen molar-refractivity contribution in [2.45, 2.75) is 26.8 Å². The minimum atomic E-state index is -4.70. The molecule has 0 heterocycles. The van der Waals surface area contributed by atoms with Gasteiger partial charge in [0.05, 0.1) is 6.54 Å². The van der Waals surface area contributed by atoms with Crippen LogP contribution in [0.25, 0.3) is 0 Å². The molecule has 2 rings (SSSR count). The number of nitrogens with zero attached hydrogens (tertiary/aromatic N) is 1. The quantitative estimate of drug-likeness (QED) is 0.830. The average Bonchev–Trinajstić information content (AvgIpc) is 2.51. The Bertz CT molecular complexity index is 738. The van der Waals surface area contributed by atoms with E-state index in [0.717, 1.165) is 22.4 Å². The number of ether oxygens (including phenoxy) is 1. The molecule has 0 radical (unpaired) electrons. The highest BCUT2D eigenvalue weighted by atomic mass is 19.4. The molecule has 0 unspecified atom stereocenters. The second kappa shape index (κ2) is 8.23. The molecule has 0 saturated carbocycles. The number of para-hydroxylation sites is 1. The monoisotopic (exact) mass is 366 g/mol. The minimum absolute atomic E-state index is 0.151. The van der Waals surface area contributed by atoms with Crippen molar-refractivity contribution in [1.29, 1.82) is 0 Å². The van der Waals surface area contributed by atoms with Crippen LogP contribution in [-0.4, -0.2) is 30.8 Å². The zero-order valence-electron chi connectivity index (χ0n) is 14.9. The van der Waals surface area contributed by atoms with E-state index in [1.54, 1.807) is 24.1 Å². The third-order valence-electron chi connectivity index (χ3n) is 3.77. The summed E-state index contributed by atoms with van der Waals surface area (Å²) in [5, 5.41) is 2.90. The fourth-order valence-electron chi connectivity index (χ4n) is 2.60. The Hall–Kier alpha value is -2.54. The first-order valence-electron chi connectivity index (χ1n) is 8.03. The summed E-state index contributed by atoms with van der Waals surface area (Å²) in [6.07, 6.45) is -4.70. The van der Waals surface area contributed by atoms with E-state index in [1.165, 1.54) is 12.1 Å². The number of anilines is 1. The number of halogens is 3. The fraction of sp³-hybridized carbons (Fsp3) is 0.316. The predicted octanol–water partition coefficient (Wildman–Crippen LogP) is 4.27. The lowest BCUT2D eigenvalue weighted by Gasteiger charge is -2.18. The van der Waals surface area contributed by atoms with E-state index < -0.39 is 6.36 Å². The molecule has 0 saturated heterocycles. The molecule has 0 spiro atoms. The molecular weight excluding hydrogens is 345 g/mol. The lowest BCUT2D eigenvalue weighted by atomic mass is 10.1. The van der Waals surface area contributed by atoms with Gasteiger partial charge in [-0.1, -0.05) is 30.3 Å². The van der Waals surface area contributed by atoms with Gasteiger partial charge >= 0.3 is 6.36 Å². The summed E-state index contributed by atoms with van der Waals surface area (Å²) >= 11 is 0. The van der Waals surface area contributed by atoms with Crippen LogP contribution in [0.2, 0.25) is 0 Å². The van der Waals surface area contributed by atoms with Crippen molar-refractivity contribution in [3.05, 3.63) is 59.2 Å². The molecule has 1 amide bonds. The molecule has 7 heteroatoms. The van der Waals surface area contributed by atoms with Gasteiger partial charge in [-0.2, -0.15) is 0 Å². The van der Waals surface area contributed by atoms with Crippen molar-refractivity contribution in [3.63, 3.8) is 0 Å². The molecule has 2 aromatic carbocycles. The second-order valence-electron chi connectivity index (χ2n) is 6.18. The molecule has 0 aliphatic carbocycles. The number of nitrogens with one attached hydrogen (secondary N) is 1. The number of amides is 1. The number of benzene rings is 2. The fourth-order valence-corrected chi connectivity index (χ4v) is 2.60. The maximum absolute atomic E-state index is 12.2. The van der Waals surface area contributed by atoms with Crippen molar-refractivity contribution >= 4 is 11.6 Å². The van der Waals surface area contributed by atoms with E-state index in [0.29, 0.717) is 6.54 Å². The molecule has 4 nitrogen and oxygen atoms in total. The number of alkyl halides is 3.